The van der Waals surface area contributed by atoms with Gasteiger partial charge in [0, 0.05) is 24.0 Å². The molecule has 0 aliphatic carbocycles. The van der Waals surface area contributed by atoms with Crippen molar-refractivity contribution in [3.8, 4) is 16.9 Å². The van der Waals surface area contributed by atoms with Gasteiger partial charge < -0.3 is 15.8 Å². The van der Waals surface area contributed by atoms with Crippen LogP contribution in [0.4, 0.5) is 11.6 Å². The minimum absolute atomic E-state index is 0.0835. The van der Waals surface area contributed by atoms with Crippen molar-refractivity contribution in [1.29, 1.82) is 0 Å². The summed E-state index contributed by atoms with van der Waals surface area (Å²) >= 11 is 6.39. The number of ether oxygens (including phenoxy) is 1. The third-order valence-corrected chi connectivity index (χ3v) is 6.33. The Morgan fingerprint density at radius 3 is 2.58 bits per heavy atom. The molecule has 0 atom stereocenters. The summed E-state index contributed by atoms with van der Waals surface area (Å²) in [5.41, 5.74) is 8.40. The molecule has 3 heterocycles. The van der Waals surface area contributed by atoms with Gasteiger partial charge in [0.2, 0.25) is 0 Å². The highest BCUT2D eigenvalue weighted by molar-refractivity contribution is 6.34. The summed E-state index contributed by atoms with van der Waals surface area (Å²) in [5, 5.41) is 7.67. The smallest absolute Gasteiger partial charge is 0.258 e. The zero-order valence-corrected chi connectivity index (χ0v) is 20.1. The Kier molecular flexibility index (Phi) is 6.79. The SMILES string of the molecule is Nc1cccc(-c2ccc(Cl)c(C(=O)Nc3cc(C(=O)CCC4COC4)nn3-c3ccccc3)c2)n1. The number of nitrogen functional groups attached to an aromatic ring is 1. The Balaban J connectivity index is 1.43. The van der Waals surface area contributed by atoms with Gasteiger partial charge >= 0.3 is 0 Å². The second kappa shape index (κ2) is 10.3. The van der Waals surface area contributed by atoms with Crippen LogP contribution in [0.2, 0.25) is 5.02 Å². The number of carbonyl (C=O) groups is 2. The van der Waals surface area contributed by atoms with E-state index in [-0.39, 0.29) is 16.4 Å². The van der Waals surface area contributed by atoms with E-state index in [0.717, 1.165) is 6.42 Å². The topological polar surface area (TPSA) is 112 Å². The number of hydrogen-bond donors (Lipinski definition) is 2. The largest absolute Gasteiger partial charge is 0.384 e. The summed E-state index contributed by atoms with van der Waals surface area (Å²) in [5.74, 6) is 0.633. The van der Waals surface area contributed by atoms with Crippen LogP contribution in [-0.2, 0) is 4.74 Å². The summed E-state index contributed by atoms with van der Waals surface area (Å²) in [7, 11) is 0. The lowest BCUT2D eigenvalue weighted by Gasteiger charge is -2.25. The van der Waals surface area contributed by atoms with Gasteiger partial charge in [-0.3, -0.25) is 9.59 Å². The predicted molar refractivity (Wildman–Crippen MR) is 138 cm³/mol. The van der Waals surface area contributed by atoms with Crippen molar-refractivity contribution in [3.63, 3.8) is 0 Å². The maximum Gasteiger partial charge on any atom is 0.258 e. The van der Waals surface area contributed by atoms with Crippen LogP contribution in [0.5, 0.6) is 0 Å². The number of para-hydroxylation sites is 1. The number of Topliss-reactive ketones (excluding diaryl/α,β-unsaturated/α-hetero) is 1. The van der Waals surface area contributed by atoms with Gasteiger partial charge in [0.15, 0.2) is 5.78 Å². The lowest BCUT2D eigenvalue weighted by molar-refractivity contribution is -0.0354. The zero-order chi connectivity index (χ0) is 25.1. The molecule has 0 saturated carbocycles. The number of aromatic nitrogens is 3. The van der Waals surface area contributed by atoms with Crippen molar-refractivity contribution in [1.82, 2.24) is 14.8 Å². The highest BCUT2D eigenvalue weighted by atomic mass is 35.5. The molecule has 0 radical (unpaired) electrons. The van der Waals surface area contributed by atoms with E-state index >= 15 is 0 Å². The first-order valence-electron chi connectivity index (χ1n) is 11.6. The normalized spacial score (nSPS) is 13.2. The second-order valence-corrected chi connectivity index (χ2v) is 9.03. The standard InChI is InChI=1S/C27H24ClN5O3/c28-21-11-10-18(22-7-4-8-25(29)30-22)13-20(21)27(35)31-26-14-23(24(34)12-9-17-15-36-16-17)32-33(26)19-5-2-1-3-6-19/h1-8,10-11,13-14,17H,9,12,15-16H2,(H2,29,30)(H,31,35). The molecule has 2 aromatic carbocycles. The Morgan fingerprint density at radius 1 is 1.06 bits per heavy atom. The number of halogens is 1. The van der Waals surface area contributed by atoms with Gasteiger partial charge in [0.1, 0.15) is 17.3 Å². The van der Waals surface area contributed by atoms with Crippen LogP contribution >= 0.6 is 11.6 Å². The minimum Gasteiger partial charge on any atom is -0.384 e. The quantitative estimate of drug-likeness (QED) is 0.327. The van der Waals surface area contributed by atoms with Gasteiger partial charge in [0.25, 0.3) is 5.91 Å². The van der Waals surface area contributed by atoms with Crippen LogP contribution in [0.25, 0.3) is 16.9 Å². The van der Waals surface area contributed by atoms with Crippen LogP contribution in [0, 0.1) is 5.92 Å². The van der Waals surface area contributed by atoms with E-state index in [1.807, 2.05) is 30.3 Å². The van der Waals surface area contributed by atoms with Crippen molar-refractivity contribution in [2.75, 3.05) is 24.3 Å². The summed E-state index contributed by atoms with van der Waals surface area (Å²) in [6.45, 7) is 1.38. The molecule has 1 aliphatic rings. The van der Waals surface area contributed by atoms with Gasteiger partial charge in [-0.15, -0.1) is 0 Å². The molecular formula is C27H24ClN5O3. The van der Waals surface area contributed by atoms with Gasteiger partial charge in [-0.1, -0.05) is 41.9 Å². The number of pyridine rings is 1. The molecule has 0 bridgehead atoms. The molecule has 0 unspecified atom stereocenters. The number of nitrogens with two attached hydrogens (primary N) is 1. The van der Waals surface area contributed by atoms with Crippen molar-refractivity contribution < 1.29 is 14.3 Å². The highest BCUT2D eigenvalue weighted by Crippen LogP contribution is 2.27. The van der Waals surface area contributed by atoms with Crippen molar-refractivity contribution in [2.45, 2.75) is 12.8 Å². The molecule has 0 spiro atoms. The first kappa shape index (κ1) is 23.7. The van der Waals surface area contributed by atoms with E-state index in [4.69, 9.17) is 22.1 Å². The number of carbonyl (C=O) groups excluding carboxylic acids is 2. The van der Waals surface area contributed by atoms with E-state index in [2.05, 4.69) is 15.4 Å². The summed E-state index contributed by atoms with van der Waals surface area (Å²) in [4.78, 5) is 30.5. The summed E-state index contributed by atoms with van der Waals surface area (Å²) in [6, 6.07) is 21.3. The Hall–Kier alpha value is -4.01. The molecular weight excluding hydrogens is 478 g/mol. The number of benzene rings is 2. The van der Waals surface area contributed by atoms with Gasteiger partial charge in [-0.25, -0.2) is 9.67 Å². The number of ketones is 1. The van der Waals surface area contributed by atoms with Crippen LogP contribution in [-0.4, -0.2) is 39.7 Å². The van der Waals surface area contributed by atoms with Crippen LogP contribution < -0.4 is 11.1 Å². The number of amides is 1. The molecule has 9 heteroatoms. The van der Waals surface area contributed by atoms with Crippen LogP contribution in [0.15, 0.2) is 72.8 Å². The minimum atomic E-state index is -0.437. The molecule has 1 amide bonds. The summed E-state index contributed by atoms with van der Waals surface area (Å²) in [6.07, 6.45) is 1.12. The first-order chi connectivity index (χ1) is 17.5. The number of anilines is 2. The molecule has 1 fully saturated rings. The highest BCUT2D eigenvalue weighted by Gasteiger charge is 2.23. The van der Waals surface area contributed by atoms with Crippen molar-refractivity contribution in [3.05, 3.63) is 89.1 Å². The second-order valence-electron chi connectivity index (χ2n) is 8.62. The molecule has 1 saturated heterocycles. The maximum atomic E-state index is 13.3. The molecule has 182 valence electrons. The van der Waals surface area contributed by atoms with E-state index in [9.17, 15) is 9.59 Å². The molecule has 36 heavy (non-hydrogen) atoms. The molecule has 1 aliphatic heterocycles. The van der Waals surface area contributed by atoms with E-state index < -0.39 is 5.91 Å². The van der Waals surface area contributed by atoms with Gasteiger partial charge in [-0.2, -0.15) is 5.10 Å². The molecule has 3 N–H and O–H groups in total. The van der Waals surface area contributed by atoms with Gasteiger partial charge in [-0.05, 0) is 42.8 Å². The maximum absolute atomic E-state index is 13.3. The fraction of sp³-hybridized carbons (Fsp3) is 0.185. The zero-order valence-electron chi connectivity index (χ0n) is 19.4. The monoisotopic (exact) mass is 501 g/mol. The number of nitrogens with zero attached hydrogens (tertiary/aromatic N) is 3. The predicted octanol–water partition coefficient (Wildman–Crippen LogP) is 5.03. The molecule has 8 nitrogen and oxygen atoms in total. The van der Waals surface area contributed by atoms with Crippen LogP contribution in [0.3, 0.4) is 0 Å². The van der Waals surface area contributed by atoms with E-state index in [0.29, 0.717) is 59.8 Å². The van der Waals surface area contributed by atoms with Crippen LogP contribution in [0.1, 0.15) is 33.7 Å². The lowest BCUT2D eigenvalue weighted by Crippen LogP contribution is -2.27. The number of hydrogen-bond acceptors (Lipinski definition) is 6. The molecule has 4 aromatic rings. The Labute approximate surface area is 213 Å². The fourth-order valence-corrected chi connectivity index (χ4v) is 4.14. The fourth-order valence-electron chi connectivity index (χ4n) is 3.94. The summed E-state index contributed by atoms with van der Waals surface area (Å²) < 4.78 is 6.74. The Morgan fingerprint density at radius 2 is 1.86 bits per heavy atom. The number of rotatable bonds is 8. The van der Waals surface area contributed by atoms with Crippen molar-refractivity contribution in [2.24, 2.45) is 5.92 Å². The Bertz CT molecular complexity index is 1420. The number of nitrogens with one attached hydrogen (secondary N) is 1. The first-order valence-corrected chi connectivity index (χ1v) is 12.0. The third-order valence-electron chi connectivity index (χ3n) is 6.00. The van der Waals surface area contributed by atoms with Gasteiger partial charge in [0.05, 0.1) is 35.2 Å². The third kappa shape index (κ3) is 5.15. The van der Waals surface area contributed by atoms with E-state index in [1.54, 1.807) is 47.1 Å². The van der Waals surface area contributed by atoms with Crippen molar-refractivity contribution >= 4 is 34.9 Å². The lowest BCUT2D eigenvalue weighted by atomic mass is 9.99. The molecule has 2 aromatic heterocycles. The average molecular weight is 502 g/mol. The average Bonchev–Trinajstić information content (AvgIpc) is 3.27. The molecule has 5 rings (SSSR count). The van der Waals surface area contributed by atoms with E-state index in [1.165, 1.54) is 0 Å².